The lowest BCUT2D eigenvalue weighted by Gasteiger charge is -2.23. The van der Waals surface area contributed by atoms with Crippen molar-refractivity contribution in [1.29, 1.82) is 0 Å². The van der Waals surface area contributed by atoms with Gasteiger partial charge in [0.2, 0.25) is 0 Å². The summed E-state index contributed by atoms with van der Waals surface area (Å²) in [6.07, 6.45) is 0.916. The summed E-state index contributed by atoms with van der Waals surface area (Å²) in [5.41, 5.74) is 4.51. The monoisotopic (exact) mass is 309 g/mol. The van der Waals surface area contributed by atoms with E-state index in [0.29, 0.717) is 6.54 Å². The van der Waals surface area contributed by atoms with E-state index in [1.54, 1.807) is 0 Å². The van der Waals surface area contributed by atoms with Crippen LogP contribution in [-0.2, 0) is 13.0 Å². The normalized spacial score (nSPS) is 16.1. The van der Waals surface area contributed by atoms with Crippen molar-refractivity contribution < 1.29 is 4.79 Å². The molecule has 4 heteroatoms. The van der Waals surface area contributed by atoms with E-state index in [-0.39, 0.29) is 12.1 Å². The SMILES string of the molecule is CC1Cc2ccccc2N1C(=O)NCc1cccc(N(C)C)c1. The number of benzene rings is 2. The van der Waals surface area contributed by atoms with Gasteiger partial charge in [-0.25, -0.2) is 4.79 Å². The maximum atomic E-state index is 12.6. The van der Waals surface area contributed by atoms with Crippen LogP contribution in [0.1, 0.15) is 18.1 Å². The van der Waals surface area contributed by atoms with Crippen molar-refractivity contribution in [3.05, 3.63) is 59.7 Å². The molecule has 3 rings (SSSR count). The number of nitrogens with one attached hydrogen (secondary N) is 1. The van der Waals surface area contributed by atoms with Crippen LogP contribution in [0, 0.1) is 0 Å². The molecule has 23 heavy (non-hydrogen) atoms. The van der Waals surface area contributed by atoms with Crippen molar-refractivity contribution in [2.75, 3.05) is 23.9 Å². The molecular weight excluding hydrogens is 286 g/mol. The Morgan fingerprint density at radius 2 is 2.00 bits per heavy atom. The Balaban J connectivity index is 1.69. The lowest BCUT2D eigenvalue weighted by Crippen LogP contribution is -2.42. The molecule has 2 aromatic rings. The van der Waals surface area contributed by atoms with Crippen molar-refractivity contribution in [2.24, 2.45) is 0 Å². The number of hydrogen-bond acceptors (Lipinski definition) is 2. The van der Waals surface area contributed by atoms with Gasteiger partial charge >= 0.3 is 6.03 Å². The van der Waals surface area contributed by atoms with Crippen molar-refractivity contribution in [1.82, 2.24) is 5.32 Å². The van der Waals surface area contributed by atoms with E-state index in [9.17, 15) is 4.79 Å². The lowest BCUT2D eigenvalue weighted by molar-refractivity contribution is 0.244. The quantitative estimate of drug-likeness (QED) is 0.943. The predicted octanol–water partition coefficient (Wildman–Crippen LogP) is 3.41. The average Bonchev–Trinajstić information content (AvgIpc) is 2.88. The van der Waals surface area contributed by atoms with Crippen LogP contribution in [-0.4, -0.2) is 26.2 Å². The molecule has 4 nitrogen and oxygen atoms in total. The Morgan fingerprint density at radius 3 is 2.78 bits per heavy atom. The number of rotatable bonds is 3. The third-order valence-electron chi connectivity index (χ3n) is 4.30. The Bertz CT molecular complexity index is 711. The van der Waals surface area contributed by atoms with Gasteiger partial charge in [-0.05, 0) is 42.7 Å². The van der Waals surface area contributed by atoms with Crippen molar-refractivity contribution >= 4 is 17.4 Å². The van der Waals surface area contributed by atoms with Gasteiger partial charge < -0.3 is 10.2 Å². The zero-order chi connectivity index (χ0) is 16.4. The zero-order valence-electron chi connectivity index (χ0n) is 13.9. The molecule has 0 fully saturated rings. The molecule has 1 N–H and O–H groups in total. The van der Waals surface area contributed by atoms with Gasteiger partial charge in [0.15, 0.2) is 0 Å². The summed E-state index contributed by atoms with van der Waals surface area (Å²) in [5, 5.41) is 3.05. The molecule has 0 saturated carbocycles. The van der Waals surface area contributed by atoms with E-state index in [0.717, 1.165) is 23.4 Å². The van der Waals surface area contributed by atoms with E-state index >= 15 is 0 Å². The molecule has 1 aliphatic heterocycles. The third-order valence-corrected chi connectivity index (χ3v) is 4.30. The summed E-state index contributed by atoms with van der Waals surface area (Å²) in [7, 11) is 4.03. The minimum atomic E-state index is -0.0299. The maximum absolute atomic E-state index is 12.6. The number of anilines is 2. The van der Waals surface area contributed by atoms with Crippen LogP contribution >= 0.6 is 0 Å². The molecule has 0 aromatic heterocycles. The number of fused-ring (bicyclic) bond motifs is 1. The van der Waals surface area contributed by atoms with Crippen molar-refractivity contribution in [3.8, 4) is 0 Å². The van der Waals surface area contributed by atoms with Gasteiger partial charge in [-0.15, -0.1) is 0 Å². The number of amides is 2. The van der Waals surface area contributed by atoms with Gasteiger partial charge in [-0.2, -0.15) is 0 Å². The summed E-state index contributed by atoms with van der Waals surface area (Å²) in [4.78, 5) is 16.5. The number of urea groups is 1. The van der Waals surface area contributed by atoms with E-state index in [2.05, 4.69) is 35.3 Å². The topological polar surface area (TPSA) is 35.6 Å². The molecule has 1 unspecified atom stereocenters. The van der Waals surface area contributed by atoms with Crippen LogP contribution in [0.3, 0.4) is 0 Å². The summed E-state index contributed by atoms with van der Waals surface area (Å²) >= 11 is 0. The number of carbonyl (C=O) groups excluding carboxylic acids is 1. The van der Waals surface area contributed by atoms with Crippen LogP contribution < -0.4 is 15.1 Å². The molecule has 120 valence electrons. The van der Waals surface area contributed by atoms with Gasteiger partial charge in [0.25, 0.3) is 0 Å². The van der Waals surface area contributed by atoms with Crippen LogP contribution in [0.25, 0.3) is 0 Å². The highest BCUT2D eigenvalue weighted by Crippen LogP contribution is 2.31. The number of carbonyl (C=O) groups is 1. The van der Waals surface area contributed by atoms with Crippen LogP contribution in [0.15, 0.2) is 48.5 Å². The van der Waals surface area contributed by atoms with Gasteiger partial charge in [0.1, 0.15) is 0 Å². The van der Waals surface area contributed by atoms with Crippen LogP contribution in [0.5, 0.6) is 0 Å². The molecule has 0 radical (unpaired) electrons. The van der Waals surface area contributed by atoms with Gasteiger partial charge in [0, 0.05) is 38.1 Å². The largest absolute Gasteiger partial charge is 0.378 e. The second kappa shape index (κ2) is 6.32. The lowest BCUT2D eigenvalue weighted by atomic mass is 10.1. The molecule has 0 spiro atoms. The predicted molar refractivity (Wildman–Crippen MR) is 95.1 cm³/mol. The van der Waals surface area contributed by atoms with E-state index < -0.39 is 0 Å². The second-order valence-electron chi connectivity index (χ2n) is 6.27. The average molecular weight is 309 g/mol. The standard InChI is InChI=1S/C19H23N3O/c1-14-11-16-8-4-5-10-18(16)22(14)19(23)20-13-15-7-6-9-17(12-15)21(2)3/h4-10,12,14H,11,13H2,1-3H3,(H,20,23). The molecule has 1 heterocycles. The summed E-state index contributed by atoms with van der Waals surface area (Å²) in [6, 6.07) is 16.5. The Labute approximate surface area is 137 Å². The van der Waals surface area contributed by atoms with Crippen LogP contribution in [0.4, 0.5) is 16.2 Å². The molecule has 0 saturated heterocycles. The minimum Gasteiger partial charge on any atom is -0.378 e. The highest BCUT2D eigenvalue weighted by Gasteiger charge is 2.30. The Kier molecular flexibility index (Phi) is 4.24. The first-order chi connectivity index (χ1) is 11.1. The van der Waals surface area contributed by atoms with Crippen molar-refractivity contribution in [3.63, 3.8) is 0 Å². The first-order valence-corrected chi connectivity index (χ1v) is 7.97. The first-order valence-electron chi connectivity index (χ1n) is 7.97. The highest BCUT2D eigenvalue weighted by molar-refractivity contribution is 5.94. The smallest absolute Gasteiger partial charge is 0.322 e. The summed E-state index contributed by atoms with van der Waals surface area (Å²) in [5.74, 6) is 0. The molecule has 2 aromatic carbocycles. The third kappa shape index (κ3) is 3.16. The first kappa shape index (κ1) is 15.4. The molecule has 2 amide bonds. The highest BCUT2D eigenvalue weighted by atomic mass is 16.2. The Morgan fingerprint density at radius 1 is 1.22 bits per heavy atom. The Hall–Kier alpha value is -2.49. The van der Waals surface area contributed by atoms with Crippen LogP contribution in [0.2, 0.25) is 0 Å². The number of para-hydroxylation sites is 1. The molecule has 0 aliphatic carbocycles. The number of hydrogen-bond donors (Lipinski definition) is 1. The van der Waals surface area contributed by atoms with E-state index in [1.165, 1.54) is 5.56 Å². The van der Waals surface area contributed by atoms with Crippen molar-refractivity contribution in [2.45, 2.75) is 25.9 Å². The van der Waals surface area contributed by atoms with E-state index in [1.807, 2.05) is 49.3 Å². The molecule has 1 aliphatic rings. The van der Waals surface area contributed by atoms with Gasteiger partial charge in [0.05, 0.1) is 0 Å². The fraction of sp³-hybridized carbons (Fsp3) is 0.316. The summed E-state index contributed by atoms with van der Waals surface area (Å²) < 4.78 is 0. The zero-order valence-corrected chi connectivity index (χ0v) is 13.9. The van der Waals surface area contributed by atoms with Gasteiger partial charge in [-0.1, -0.05) is 30.3 Å². The van der Waals surface area contributed by atoms with Gasteiger partial charge in [-0.3, -0.25) is 4.90 Å². The minimum absolute atomic E-state index is 0.0299. The molecule has 0 bridgehead atoms. The summed E-state index contributed by atoms with van der Waals surface area (Å²) in [6.45, 7) is 2.62. The number of nitrogens with zero attached hydrogens (tertiary/aromatic N) is 2. The second-order valence-corrected chi connectivity index (χ2v) is 6.27. The maximum Gasteiger partial charge on any atom is 0.322 e. The van der Waals surface area contributed by atoms with E-state index in [4.69, 9.17) is 0 Å². The molecule has 1 atom stereocenters. The fourth-order valence-corrected chi connectivity index (χ4v) is 3.08. The molecular formula is C19H23N3O. The fourth-order valence-electron chi connectivity index (χ4n) is 3.08.